The fourth-order valence-electron chi connectivity index (χ4n) is 2.91. The average Bonchev–Trinajstić information content (AvgIpc) is 2.49. The molecular formula is C14H15N3O3. The molecule has 0 atom stereocenters. The van der Waals surface area contributed by atoms with E-state index in [4.69, 9.17) is 0 Å². The third-order valence-corrected chi connectivity index (χ3v) is 4.00. The summed E-state index contributed by atoms with van der Waals surface area (Å²) in [5.41, 5.74) is 2.62. The first kappa shape index (κ1) is 12.7. The van der Waals surface area contributed by atoms with Crippen LogP contribution in [0.5, 0.6) is 0 Å². The molecule has 3 aliphatic heterocycles. The van der Waals surface area contributed by atoms with Crippen LogP contribution in [0.3, 0.4) is 0 Å². The molecule has 0 unspecified atom stereocenters. The standard InChI is InChI=1S/C14H15N3O3/c18-15-14-11-5-7-16(8-6-11)13(14)9-10-1-3-12(4-2-10)17(19)20/h1-4,9,11,18H,5-8H2/b13-9-,15-14+. The van der Waals surface area contributed by atoms with Gasteiger partial charge in [0.1, 0.15) is 5.71 Å². The van der Waals surface area contributed by atoms with Crippen molar-refractivity contribution in [2.45, 2.75) is 12.8 Å². The summed E-state index contributed by atoms with van der Waals surface area (Å²) in [6, 6.07) is 6.39. The van der Waals surface area contributed by atoms with Crippen molar-refractivity contribution in [1.29, 1.82) is 0 Å². The molecule has 0 spiro atoms. The van der Waals surface area contributed by atoms with E-state index in [1.54, 1.807) is 12.1 Å². The molecule has 2 bridgehead atoms. The van der Waals surface area contributed by atoms with Crippen molar-refractivity contribution in [3.8, 4) is 0 Å². The Morgan fingerprint density at radius 2 is 1.95 bits per heavy atom. The summed E-state index contributed by atoms with van der Waals surface area (Å²) in [7, 11) is 0. The maximum atomic E-state index is 10.6. The van der Waals surface area contributed by atoms with Gasteiger partial charge < -0.3 is 10.1 Å². The van der Waals surface area contributed by atoms with Gasteiger partial charge in [0.2, 0.25) is 0 Å². The Hall–Kier alpha value is -2.37. The van der Waals surface area contributed by atoms with E-state index in [-0.39, 0.29) is 5.69 Å². The first-order valence-electron chi connectivity index (χ1n) is 6.62. The van der Waals surface area contributed by atoms with Crippen LogP contribution in [0.25, 0.3) is 6.08 Å². The first-order valence-corrected chi connectivity index (χ1v) is 6.62. The normalized spacial score (nSPS) is 22.7. The van der Waals surface area contributed by atoms with Gasteiger partial charge in [-0.15, -0.1) is 0 Å². The third-order valence-electron chi connectivity index (χ3n) is 4.00. The van der Waals surface area contributed by atoms with E-state index < -0.39 is 4.92 Å². The molecule has 4 rings (SSSR count). The average molecular weight is 273 g/mol. The van der Waals surface area contributed by atoms with Gasteiger partial charge in [-0.2, -0.15) is 0 Å². The molecule has 3 aliphatic rings. The monoisotopic (exact) mass is 273 g/mol. The minimum absolute atomic E-state index is 0.0775. The van der Waals surface area contributed by atoms with Gasteiger partial charge >= 0.3 is 0 Å². The fourth-order valence-corrected chi connectivity index (χ4v) is 2.91. The Kier molecular flexibility index (Phi) is 3.14. The number of hydrogen-bond donors (Lipinski definition) is 1. The van der Waals surface area contributed by atoms with Crippen molar-refractivity contribution in [1.82, 2.24) is 4.90 Å². The number of non-ortho nitro benzene ring substituents is 1. The summed E-state index contributed by atoms with van der Waals surface area (Å²) < 4.78 is 0. The molecular weight excluding hydrogens is 258 g/mol. The molecule has 0 saturated carbocycles. The minimum Gasteiger partial charge on any atom is -0.411 e. The Balaban J connectivity index is 1.92. The number of nitro benzene ring substituents is 1. The van der Waals surface area contributed by atoms with E-state index in [0.29, 0.717) is 5.92 Å². The maximum absolute atomic E-state index is 10.6. The highest BCUT2D eigenvalue weighted by atomic mass is 16.6. The zero-order valence-corrected chi connectivity index (χ0v) is 10.9. The summed E-state index contributed by atoms with van der Waals surface area (Å²) in [5, 5.41) is 23.3. The number of piperidine rings is 3. The summed E-state index contributed by atoms with van der Waals surface area (Å²) in [6.07, 6.45) is 3.98. The maximum Gasteiger partial charge on any atom is 0.269 e. The molecule has 6 nitrogen and oxygen atoms in total. The van der Waals surface area contributed by atoms with Crippen LogP contribution < -0.4 is 0 Å². The second-order valence-electron chi connectivity index (χ2n) is 5.12. The molecule has 3 heterocycles. The van der Waals surface area contributed by atoms with Crippen molar-refractivity contribution in [3.05, 3.63) is 45.6 Å². The number of allylic oxidation sites excluding steroid dienone is 1. The predicted molar refractivity (Wildman–Crippen MR) is 74.6 cm³/mol. The topological polar surface area (TPSA) is 79.0 Å². The number of nitro groups is 1. The Morgan fingerprint density at radius 3 is 2.50 bits per heavy atom. The van der Waals surface area contributed by atoms with E-state index in [9.17, 15) is 15.3 Å². The van der Waals surface area contributed by atoms with Crippen molar-refractivity contribution in [3.63, 3.8) is 0 Å². The third kappa shape index (κ3) is 2.13. The van der Waals surface area contributed by atoms with Gasteiger partial charge in [-0.3, -0.25) is 10.1 Å². The summed E-state index contributed by atoms with van der Waals surface area (Å²) in [4.78, 5) is 12.4. The van der Waals surface area contributed by atoms with Crippen molar-refractivity contribution in [2.75, 3.05) is 13.1 Å². The Bertz CT molecular complexity index is 584. The number of hydrogen-bond acceptors (Lipinski definition) is 5. The van der Waals surface area contributed by atoms with Crippen molar-refractivity contribution < 1.29 is 10.1 Å². The zero-order chi connectivity index (χ0) is 14.1. The molecule has 0 aliphatic carbocycles. The molecule has 6 heteroatoms. The van der Waals surface area contributed by atoms with Crippen LogP contribution in [-0.2, 0) is 0 Å². The van der Waals surface area contributed by atoms with Crippen molar-refractivity contribution >= 4 is 17.5 Å². The van der Waals surface area contributed by atoms with Gasteiger partial charge in [-0.25, -0.2) is 0 Å². The highest BCUT2D eigenvalue weighted by Crippen LogP contribution is 2.33. The molecule has 0 radical (unpaired) electrons. The molecule has 20 heavy (non-hydrogen) atoms. The first-order chi connectivity index (χ1) is 9.69. The van der Waals surface area contributed by atoms with Gasteiger partial charge in [-0.1, -0.05) is 5.16 Å². The second-order valence-corrected chi connectivity index (χ2v) is 5.12. The lowest BCUT2D eigenvalue weighted by Gasteiger charge is -2.42. The highest BCUT2D eigenvalue weighted by molar-refractivity contribution is 6.05. The predicted octanol–water partition coefficient (Wildman–Crippen LogP) is 2.49. The number of nitrogens with zero attached hydrogens (tertiary/aromatic N) is 3. The van der Waals surface area contributed by atoms with E-state index in [0.717, 1.165) is 42.9 Å². The van der Waals surface area contributed by atoms with Gasteiger partial charge in [-0.05, 0) is 36.6 Å². The Labute approximate surface area is 116 Å². The highest BCUT2D eigenvalue weighted by Gasteiger charge is 2.35. The van der Waals surface area contributed by atoms with Gasteiger partial charge in [0.15, 0.2) is 0 Å². The van der Waals surface area contributed by atoms with Crippen LogP contribution in [0.15, 0.2) is 35.1 Å². The number of oxime groups is 1. The van der Waals surface area contributed by atoms with Crippen LogP contribution in [0, 0.1) is 16.0 Å². The molecule has 3 saturated heterocycles. The second kappa shape index (κ2) is 4.96. The summed E-state index contributed by atoms with van der Waals surface area (Å²) in [5.74, 6) is 0.328. The van der Waals surface area contributed by atoms with Gasteiger partial charge in [0.25, 0.3) is 5.69 Å². The quantitative estimate of drug-likeness (QED) is 0.510. The largest absolute Gasteiger partial charge is 0.411 e. The van der Waals surface area contributed by atoms with Gasteiger partial charge in [0, 0.05) is 31.1 Å². The van der Waals surface area contributed by atoms with E-state index in [2.05, 4.69) is 10.1 Å². The summed E-state index contributed by atoms with van der Waals surface area (Å²) in [6.45, 7) is 1.95. The lowest BCUT2D eigenvalue weighted by atomic mass is 9.83. The molecule has 1 aromatic rings. The van der Waals surface area contributed by atoms with E-state index in [1.165, 1.54) is 12.1 Å². The Morgan fingerprint density at radius 1 is 1.30 bits per heavy atom. The smallest absolute Gasteiger partial charge is 0.269 e. The fraction of sp³-hybridized carbons (Fsp3) is 0.357. The molecule has 1 N–H and O–H groups in total. The number of fused-ring (bicyclic) bond motifs is 3. The van der Waals surface area contributed by atoms with Crippen LogP contribution in [0.2, 0.25) is 0 Å². The van der Waals surface area contributed by atoms with E-state index in [1.807, 2.05) is 6.08 Å². The van der Waals surface area contributed by atoms with Crippen LogP contribution >= 0.6 is 0 Å². The van der Waals surface area contributed by atoms with Crippen molar-refractivity contribution in [2.24, 2.45) is 11.1 Å². The molecule has 104 valence electrons. The number of rotatable bonds is 2. The summed E-state index contributed by atoms with van der Waals surface area (Å²) >= 11 is 0. The van der Waals surface area contributed by atoms with Gasteiger partial charge in [0.05, 0.1) is 10.6 Å². The van der Waals surface area contributed by atoms with E-state index >= 15 is 0 Å². The van der Waals surface area contributed by atoms with Crippen LogP contribution in [0.4, 0.5) is 5.69 Å². The van der Waals surface area contributed by atoms with Crippen LogP contribution in [-0.4, -0.2) is 33.8 Å². The molecule has 0 amide bonds. The lowest BCUT2D eigenvalue weighted by Crippen LogP contribution is -2.46. The minimum atomic E-state index is -0.413. The SMILES string of the molecule is O=[N+]([O-])c1ccc(/C=C2/C(=N/O)C3CCN2CC3)cc1. The molecule has 0 aromatic heterocycles. The number of benzene rings is 1. The lowest BCUT2D eigenvalue weighted by molar-refractivity contribution is -0.384. The zero-order valence-electron chi connectivity index (χ0n) is 10.9. The molecule has 1 aromatic carbocycles. The van der Waals surface area contributed by atoms with Crippen LogP contribution in [0.1, 0.15) is 18.4 Å². The molecule has 3 fully saturated rings.